The quantitative estimate of drug-likeness (QED) is 0.653. The Morgan fingerprint density at radius 1 is 1.58 bits per heavy atom. The van der Waals surface area contributed by atoms with Crippen LogP contribution in [-0.2, 0) is 6.54 Å². The number of nitrogens with zero attached hydrogens (tertiary/aromatic N) is 1. The first-order valence-electron chi connectivity index (χ1n) is 6.45. The van der Waals surface area contributed by atoms with E-state index in [-0.39, 0.29) is 5.84 Å². The van der Waals surface area contributed by atoms with Crippen LogP contribution in [0.15, 0.2) is 18.2 Å². The molecule has 1 aromatic carbocycles. The van der Waals surface area contributed by atoms with Gasteiger partial charge in [0.25, 0.3) is 0 Å². The fraction of sp³-hybridized carbons (Fsp3) is 0.500. The molecule has 5 heteroatoms. The lowest BCUT2D eigenvalue weighted by molar-refractivity contribution is 0.223. The number of thioether (sulfide) groups is 1. The first-order chi connectivity index (χ1) is 9.11. The van der Waals surface area contributed by atoms with E-state index in [0.29, 0.717) is 17.4 Å². The maximum Gasteiger partial charge on any atom is 0.130 e. The Bertz CT molecular complexity index is 464. The molecular weight excluding hydrogens is 258 g/mol. The van der Waals surface area contributed by atoms with Crippen LogP contribution in [0.5, 0.6) is 5.75 Å². The van der Waals surface area contributed by atoms with E-state index in [9.17, 15) is 0 Å². The van der Waals surface area contributed by atoms with Crippen LogP contribution in [-0.4, -0.2) is 41.9 Å². The number of hydrogen-bond acceptors (Lipinski definition) is 4. The van der Waals surface area contributed by atoms with Crippen molar-refractivity contribution in [2.45, 2.75) is 19.5 Å². The maximum atomic E-state index is 7.52. The van der Waals surface area contributed by atoms with Crippen LogP contribution in [0.25, 0.3) is 0 Å². The molecule has 1 aromatic rings. The van der Waals surface area contributed by atoms with Gasteiger partial charge in [-0.2, -0.15) is 11.8 Å². The molecule has 2 rings (SSSR count). The predicted molar refractivity (Wildman–Crippen MR) is 81.2 cm³/mol. The summed E-state index contributed by atoms with van der Waals surface area (Å²) in [5.41, 5.74) is 7.41. The number of methoxy groups -OCH3 is 1. The van der Waals surface area contributed by atoms with E-state index in [1.165, 1.54) is 17.1 Å². The van der Waals surface area contributed by atoms with Gasteiger partial charge in [-0.05, 0) is 24.6 Å². The fourth-order valence-electron chi connectivity index (χ4n) is 2.29. The highest BCUT2D eigenvalue weighted by atomic mass is 32.2. The first kappa shape index (κ1) is 14.2. The van der Waals surface area contributed by atoms with E-state index >= 15 is 0 Å². The van der Waals surface area contributed by atoms with E-state index in [1.807, 2.05) is 30.0 Å². The maximum absolute atomic E-state index is 7.52. The SMILES string of the molecule is COc1cc(CN2CCSCC2C)ccc1C(=N)N. The molecule has 0 amide bonds. The molecule has 0 saturated carbocycles. The zero-order valence-electron chi connectivity index (χ0n) is 11.5. The van der Waals surface area contributed by atoms with Gasteiger partial charge < -0.3 is 10.5 Å². The van der Waals surface area contributed by atoms with Crippen LogP contribution in [0.1, 0.15) is 18.1 Å². The molecule has 3 N–H and O–H groups in total. The van der Waals surface area contributed by atoms with Gasteiger partial charge >= 0.3 is 0 Å². The average Bonchev–Trinajstić information content (AvgIpc) is 2.41. The highest BCUT2D eigenvalue weighted by molar-refractivity contribution is 7.99. The summed E-state index contributed by atoms with van der Waals surface area (Å²) < 4.78 is 5.32. The summed E-state index contributed by atoms with van der Waals surface area (Å²) in [6.07, 6.45) is 0. The normalized spacial score (nSPS) is 20.2. The summed E-state index contributed by atoms with van der Waals surface area (Å²) in [4.78, 5) is 2.48. The minimum atomic E-state index is 0.0474. The standard InChI is InChI=1S/C14H21N3OS/c1-10-9-19-6-5-17(10)8-11-3-4-12(14(15)16)13(7-11)18-2/h3-4,7,10H,5-6,8-9H2,1-2H3,(H3,15,16). The Balaban J connectivity index is 2.14. The second kappa shape index (κ2) is 6.30. The summed E-state index contributed by atoms with van der Waals surface area (Å²) in [6, 6.07) is 6.51. The van der Waals surface area contributed by atoms with Gasteiger partial charge in [0.1, 0.15) is 11.6 Å². The highest BCUT2D eigenvalue weighted by Crippen LogP contribution is 2.23. The third-order valence-corrected chi connectivity index (χ3v) is 4.64. The monoisotopic (exact) mass is 279 g/mol. The molecule has 0 spiro atoms. The molecule has 0 aliphatic carbocycles. The number of nitrogens with one attached hydrogen (secondary N) is 1. The zero-order chi connectivity index (χ0) is 13.8. The fourth-order valence-corrected chi connectivity index (χ4v) is 3.37. The Kier molecular flexibility index (Phi) is 4.71. The lowest BCUT2D eigenvalue weighted by atomic mass is 10.1. The van der Waals surface area contributed by atoms with Crippen LogP contribution in [0.3, 0.4) is 0 Å². The smallest absolute Gasteiger partial charge is 0.130 e. The molecule has 104 valence electrons. The number of rotatable bonds is 4. The van der Waals surface area contributed by atoms with Crippen molar-refractivity contribution in [1.82, 2.24) is 4.90 Å². The van der Waals surface area contributed by atoms with Crippen LogP contribution in [0.2, 0.25) is 0 Å². The van der Waals surface area contributed by atoms with Crippen molar-refractivity contribution in [3.05, 3.63) is 29.3 Å². The van der Waals surface area contributed by atoms with Crippen molar-refractivity contribution in [2.75, 3.05) is 25.2 Å². The van der Waals surface area contributed by atoms with Crippen molar-refractivity contribution < 1.29 is 4.74 Å². The van der Waals surface area contributed by atoms with Gasteiger partial charge in [0.05, 0.1) is 12.7 Å². The first-order valence-corrected chi connectivity index (χ1v) is 7.60. The third kappa shape index (κ3) is 3.42. The van der Waals surface area contributed by atoms with Crippen LogP contribution in [0.4, 0.5) is 0 Å². The zero-order valence-corrected chi connectivity index (χ0v) is 12.3. The van der Waals surface area contributed by atoms with Gasteiger partial charge in [-0.3, -0.25) is 10.3 Å². The summed E-state index contributed by atoms with van der Waals surface area (Å²) in [5, 5.41) is 7.52. The molecule has 1 aliphatic rings. The molecule has 1 atom stereocenters. The van der Waals surface area contributed by atoms with E-state index in [0.717, 1.165) is 13.1 Å². The minimum Gasteiger partial charge on any atom is -0.496 e. The van der Waals surface area contributed by atoms with Gasteiger partial charge in [-0.1, -0.05) is 6.07 Å². The Morgan fingerprint density at radius 3 is 3.00 bits per heavy atom. The van der Waals surface area contributed by atoms with E-state index in [4.69, 9.17) is 15.9 Å². The van der Waals surface area contributed by atoms with Gasteiger partial charge in [-0.25, -0.2) is 0 Å². The van der Waals surface area contributed by atoms with Crippen molar-refractivity contribution in [1.29, 1.82) is 5.41 Å². The number of ether oxygens (including phenoxy) is 1. The van der Waals surface area contributed by atoms with Crippen LogP contribution in [0, 0.1) is 5.41 Å². The second-order valence-corrected chi connectivity index (χ2v) is 5.99. The van der Waals surface area contributed by atoms with Crippen molar-refractivity contribution in [2.24, 2.45) is 5.73 Å². The average molecular weight is 279 g/mol. The summed E-state index contributed by atoms with van der Waals surface area (Å²) in [5.74, 6) is 3.13. The van der Waals surface area contributed by atoms with Crippen molar-refractivity contribution >= 4 is 17.6 Å². The highest BCUT2D eigenvalue weighted by Gasteiger charge is 2.19. The second-order valence-electron chi connectivity index (χ2n) is 4.84. The number of benzene rings is 1. The van der Waals surface area contributed by atoms with Crippen LogP contribution >= 0.6 is 11.8 Å². The van der Waals surface area contributed by atoms with Gasteiger partial charge in [0.15, 0.2) is 0 Å². The van der Waals surface area contributed by atoms with Gasteiger partial charge in [0, 0.05) is 30.6 Å². The molecule has 0 bridgehead atoms. The van der Waals surface area contributed by atoms with Gasteiger partial charge in [0.2, 0.25) is 0 Å². The van der Waals surface area contributed by atoms with Crippen LogP contribution < -0.4 is 10.5 Å². The number of amidine groups is 1. The summed E-state index contributed by atoms with van der Waals surface area (Å²) in [7, 11) is 1.62. The molecule has 4 nitrogen and oxygen atoms in total. The van der Waals surface area contributed by atoms with E-state index in [2.05, 4.69) is 11.8 Å². The lowest BCUT2D eigenvalue weighted by Crippen LogP contribution is -2.39. The molecule has 1 aliphatic heterocycles. The Hall–Kier alpha value is -1.20. The molecule has 19 heavy (non-hydrogen) atoms. The van der Waals surface area contributed by atoms with Crippen molar-refractivity contribution in [3.63, 3.8) is 0 Å². The largest absolute Gasteiger partial charge is 0.496 e. The molecule has 1 fully saturated rings. The number of hydrogen-bond donors (Lipinski definition) is 2. The predicted octanol–water partition coefficient (Wildman–Crippen LogP) is 1.92. The summed E-state index contributed by atoms with van der Waals surface area (Å²) >= 11 is 2.02. The molecule has 1 heterocycles. The number of nitrogen functional groups attached to an aromatic ring is 1. The molecule has 0 aromatic heterocycles. The lowest BCUT2D eigenvalue weighted by Gasteiger charge is -2.33. The molecular formula is C14H21N3OS. The minimum absolute atomic E-state index is 0.0474. The molecule has 1 saturated heterocycles. The number of nitrogens with two attached hydrogens (primary N) is 1. The van der Waals surface area contributed by atoms with E-state index in [1.54, 1.807) is 7.11 Å². The van der Waals surface area contributed by atoms with Crippen molar-refractivity contribution in [3.8, 4) is 5.75 Å². The molecule has 1 unspecified atom stereocenters. The summed E-state index contributed by atoms with van der Waals surface area (Å²) in [6.45, 7) is 4.33. The Morgan fingerprint density at radius 2 is 2.37 bits per heavy atom. The Labute approximate surface area is 118 Å². The topological polar surface area (TPSA) is 62.3 Å². The molecule has 0 radical (unpaired) electrons. The third-order valence-electron chi connectivity index (χ3n) is 3.45. The van der Waals surface area contributed by atoms with E-state index < -0.39 is 0 Å². The van der Waals surface area contributed by atoms with Gasteiger partial charge in [-0.15, -0.1) is 0 Å².